The molecule has 2 aromatic rings. The monoisotopic (exact) mass is 355 g/mol. The van der Waals surface area contributed by atoms with Crippen LogP contribution < -0.4 is 5.32 Å². The van der Waals surface area contributed by atoms with E-state index in [1.54, 1.807) is 24.3 Å². The third-order valence-corrected chi connectivity index (χ3v) is 6.45. The number of nitrogens with one attached hydrogen (secondary N) is 1. The molecule has 0 saturated heterocycles. The molecule has 1 saturated carbocycles. The van der Waals surface area contributed by atoms with Gasteiger partial charge in [-0.1, -0.05) is 43.2 Å². The van der Waals surface area contributed by atoms with Crippen LogP contribution in [0.1, 0.15) is 54.0 Å². The number of aliphatic hydroxyl groups is 1. The Balaban J connectivity index is 1.65. The van der Waals surface area contributed by atoms with Crippen LogP contribution in [0.15, 0.2) is 48.5 Å². The first-order chi connectivity index (χ1) is 12.1. The summed E-state index contributed by atoms with van der Waals surface area (Å²) in [4.78, 5) is 14.5. The fraction of sp³-hybridized carbons (Fsp3) is 0.381. The predicted octanol–water partition coefficient (Wildman–Crippen LogP) is 4.44. The van der Waals surface area contributed by atoms with E-state index in [1.807, 2.05) is 42.5 Å². The molecule has 1 aliphatic rings. The van der Waals surface area contributed by atoms with Crippen molar-refractivity contribution in [3.05, 3.63) is 63.9 Å². The summed E-state index contributed by atoms with van der Waals surface area (Å²) in [5.74, 6) is -0.0533. The van der Waals surface area contributed by atoms with Gasteiger partial charge >= 0.3 is 0 Å². The Morgan fingerprint density at radius 1 is 1.24 bits per heavy atom. The van der Waals surface area contributed by atoms with Crippen molar-refractivity contribution in [2.45, 2.75) is 44.1 Å². The normalized spacial score (nSPS) is 17.7. The summed E-state index contributed by atoms with van der Waals surface area (Å²) in [5, 5.41) is 12.9. The first kappa shape index (κ1) is 17.9. The van der Waals surface area contributed by atoms with Crippen LogP contribution in [0.5, 0.6) is 0 Å². The van der Waals surface area contributed by atoms with Crippen LogP contribution in [-0.2, 0) is 10.2 Å². The molecular weight excluding hydrogens is 330 g/mol. The molecule has 3 nitrogen and oxygen atoms in total. The Hall–Kier alpha value is -1.91. The maximum Gasteiger partial charge on any atom is 0.244 e. The second kappa shape index (κ2) is 7.98. The zero-order valence-electron chi connectivity index (χ0n) is 14.6. The van der Waals surface area contributed by atoms with Gasteiger partial charge in [0.2, 0.25) is 5.91 Å². The Kier molecular flexibility index (Phi) is 5.71. The summed E-state index contributed by atoms with van der Waals surface area (Å²) < 4.78 is 0. The number of carbonyl (C=O) groups is 1. The van der Waals surface area contributed by atoms with Gasteiger partial charge in [0.1, 0.15) is 0 Å². The van der Waals surface area contributed by atoms with Crippen molar-refractivity contribution < 1.29 is 9.90 Å². The summed E-state index contributed by atoms with van der Waals surface area (Å²) in [5.41, 5.74) is 1.04. The van der Waals surface area contributed by atoms with Crippen molar-refractivity contribution >= 4 is 23.3 Å². The van der Waals surface area contributed by atoms with E-state index >= 15 is 0 Å². The number of aliphatic hydroxyl groups excluding tert-OH is 1. The lowest BCUT2D eigenvalue weighted by Crippen LogP contribution is -2.37. The van der Waals surface area contributed by atoms with Crippen LogP contribution in [0.25, 0.3) is 6.08 Å². The first-order valence-electron chi connectivity index (χ1n) is 8.88. The van der Waals surface area contributed by atoms with E-state index in [2.05, 4.69) is 11.4 Å². The van der Waals surface area contributed by atoms with Gasteiger partial charge in [0.25, 0.3) is 0 Å². The zero-order valence-corrected chi connectivity index (χ0v) is 15.4. The van der Waals surface area contributed by atoms with Gasteiger partial charge in [-0.25, -0.2) is 0 Å². The summed E-state index contributed by atoms with van der Waals surface area (Å²) in [7, 11) is 0. The van der Waals surface area contributed by atoms with E-state index in [0.717, 1.165) is 23.3 Å². The highest BCUT2D eigenvalue weighted by Crippen LogP contribution is 2.44. The number of benzene rings is 1. The van der Waals surface area contributed by atoms with Crippen LogP contribution >= 0.6 is 11.3 Å². The Morgan fingerprint density at radius 2 is 1.96 bits per heavy atom. The number of thiophene rings is 1. The molecule has 1 aromatic heterocycles. The van der Waals surface area contributed by atoms with Gasteiger partial charge in [-0.05, 0) is 43.5 Å². The SMILES string of the molecule is C[C@@H](O)c1ccc(C2(CNC(=O)/C=C/c3ccccc3)CCCC2)s1. The van der Waals surface area contributed by atoms with E-state index < -0.39 is 6.10 Å². The number of hydrogen-bond donors (Lipinski definition) is 2. The van der Waals surface area contributed by atoms with Crippen LogP contribution in [0, 0.1) is 0 Å². The van der Waals surface area contributed by atoms with Crippen molar-refractivity contribution in [1.82, 2.24) is 5.32 Å². The summed E-state index contributed by atoms with van der Waals surface area (Å²) >= 11 is 1.68. The standard InChI is InChI=1S/C21H25NO2S/c1-16(23)18-10-11-19(25-18)21(13-5-6-14-21)15-22-20(24)12-9-17-7-3-2-4-8-17/h2-4,7-12,16,23H,5-6,13-15H2,1H3,(H,22,24)/b12-9+/t16-/m1/s1. The number of carbonyl (C=O) groups excluding carboxylic acids is 1. The Labute approximate surface area is 153 Å². The van der Waals surface area contributed by atoms with Gasteiger partial charge in [-0.2, -0.15) is 0 Å². The quantitative estimate of drug-likeness (QED) is 0.753. The number of rotatable bonds is 6. The van der Waals surface area contributed by atoms with Crippen LogP contribution in [0.4, 0.5) is 0 Å². The molecule has 25 heavy (non-hydrogen) atoms. The summed E-state index contributed by atoms with van der Waals surface area (Å²) in [6.07, 6.45) is 7.59. The van der Waals surface area contributed by atoms with Gasteiger partial charge in [0.05, 0.1) is 6.10 Å². The third-order valence-electron chi connectivity index (χ3n) is 4.95. The van der Waals surface area contributed by atoms with Crippen molar-refractivity contribution in [1.29, 1.82) is 0 Å². The molecule has 0 bridgehead atoms. The lowest BCUT2D eigenvalue weighted by atomic mass is 9.84. The van der Waals surface area contributed by atoms with Crippen molar-refractivity contribution in [3.63, 3.8) is 0 Å². The molecule has 1 fully saturated rings. The average molecular weight is 356 g/mol. The lowest BCUT2D eigenvalue weighted by Gasteiger charge is -2.28. The molecule has 132 valence electrons. The molecule has 0 unspecified atom stereocenters. The van der Waals surface area contributed by atoms with Crippen LogP contribution in [-0.4, -0.2) is 17.6 Å². The van der Waals surface area contributed by atoms with E-state index in [0.29, 0.717) is 6.54 Å². The Bertz CT molecular complexity index is 727. The molecule has 3 rings (SSSR count). The smallest absolute Gasteiger partial charge is 0.244 e. The van der Waals surface area contributed by atoms with Crippen molar-refractivity contribution in [2.24, 2.45) is 0 Å². The topological polar surface area (TPSA) is 49.3 Å². The molecular formula is C21H25NO2S. The average Bonchev–Trinajstić information content (AvgIpc) is 3.29. The maximum absolute atomic E-state index is 12.2. The molecule has 1 aliphatic carbocycles. The second-order valence-electron chi connectivity index (χ2n) is 6.83. The highest BCUT2D eigenvalue weighted by Gasteiger charge is 2.37. The number of amides is 1. The third kappa shape index (κ3) is 4.39. The summed E-state index contributed by atoms with van der Waals surface area (Å²) in [6, 6.07) is 14.0. The first-order valence-corrected chi connectivity index (χ1v) is 9.70. The van der Waals surface area contributed by atoms with Crippen molar-refractivity contribution in [2.75, 3.05) is 6.54 Å². The molecule has 0 spiro atoms. The molecule has 0 radical (unpaired) electrons. The fourth-order valence-corrected chi connectivity index (χ4v) is 4.67. The predicted molar refractivity (Wildman–Crippen MR) is 104 cm³/mol. The second-order valence-corrected chi connectivity index (χ2v) is 7.94. The highest BCUT2D eigenvalue weighted by molar-refractivity contribution is 7.12. The lowest BCUT2D eigenvalue weighted by molar-refractivity contribution is -0.116. The largest absolute Gasteiger partial charge is 0.388 e. The number of hydrogen-bond acceptors (Lipinski definition) is 3. The minimum absolute atomic E-state index is 0.0219. The van der Waals surface area contributed by atoms with Gasteiger partial charge in [-0.15, -0.1) is 11.3 Å². The molecule has 1 aromatic carbocycles. The van der Waals surface area contributed by atoms with Gasteiger partial charge in [0, 0.05) is 27.8 Å². The van der Waals surface area contributed by atoms with Crippen molar-refractivity contribution in [3.8, 4) is 0 Å². The van der Waals surface area contributed by atoms with E-state index in [4.69, 9.17) is 0 Å². The highest BCUT2D eigenvalue weighted by atomic mass is 32.1. The molecule has 2 N–H and O–H groups in total. The fourth-order valence-electron chi connectivity index (χ4n) is 3.48. The van der Waals surface area contributed by atoms with E-state index in [9.17, 15) is 9.90 Å². The van der Waals surface area contributed by atoms with Gasteiger partial charge in [-0.3, -0.25) is 4.79 Å². The van der Waals surface area contributed by atoms with E-state index in [1.165, 1.54) is 17.7 Å². The van der Waals surface area contributed by atoms with Gasteiger partial charge < -0.3 is 10.4 Å². The molecule has 1 heterocycles. The van der Waals surface area contributed by atoms with Crippen LogP contribution in [0.2, 0.25) is 0 Å². The molecule has 1 amide bonds. The van der Waals surface area contributed by atoms with E-state index in [-0.39, 0.29) is 11.3 Å². The summed E-state index contributed by atoms with van der Waals surface area (Å²) in [6.45, 7) is 2.46. The maximum atomic E-state index is 12.2. The van der Waals surface area contributed by atoms with Gasteiger partial charge in [0.15, 0.2) is 0 Å². The van der Waals surface area contributed by atoms with Crippen LogP contribution in [0.3, 0.4) is 0 Å². The molecule has 1 atom stereocenters. The minimum Gasteiger partial charge on any atom is -0.388 e. The minimum atomic E-state index is -0.430. The molecule has 4 heteroatoms. The Morgan fingerprint density at radius 3 is 2.60 bits per heavy atom. The molecule has 0 aliphatic heterocycles. The zero-order chi connectivity index (χ0) is 17.7.